The van der Waals surface area contributed by atoms with Crippen LogP contribution in [0, 0.1) is 3.57 Å². The molecule has 0 spiro atoms. The molecule has 1 heterocycles. The van der Waals surface area contributed by atoms with Crippen molar-refractivity contribution in [2.24, 2.45) is 0 Å². The summed E-state index contributed by atoms with van der Waals surface area (Å²) in [7, 11) is 1.28. The molecule has 0 bridgehead atoms. The van der Waals surface area contributed by atoms with E-state index in [-0.39, 0.29) is 21.3 Å². The van der Waals surface area contributed by atoms with Gasteiger partial charge in [-0.15, -0.1) is 13.2 Å². The number of halogens is 4. The minimum atomic E-state index is -4.85. The molecule has 0 saturated heterocycles. The van der Waals surface area contributed by atoms with Gasteiger partial charge in [-0.2, -0.15) is 0 Å². The normalized spacial score (nSPS) is 11.1. The first-order valence-corrected chi connectivity index (χ1v) is 4.90. The van der Waals surface area contributed by atoms with Crippen LogP contribution in [-0.4, -0.2) is 24.7 Å². The fourth-order valence-corrected chi connectivity index (χ4v) is 1.41. The molecule has 0 aliphatic rings. The third-order valence-corrected chi connectivity index (χ3v) is 2.25. The summed E-state index contributed by atoms with van der Waals surface area (Å²) in [5.41, 5.74) is -0.248. The fraction of sp³-hybridized carbons (Fsp3) is 0.250. The molecule has 0 N–H and O–H groups in total. The highest BCUT2D eigenvalue weighted by molar-refractivity contribution is 14.1. The van der Waals surface area contributed by atoms with Crippen molar-refractivity contribution in [1.82, 2.24) is 4.98 Å². The molecule has 4 nitrogen and oxygen atoms in total. The van der Waals surface area contributed by atoms with Gasteiger partial charge in [0.2, 0.25) is 5.88 Å². The van der Waals surface area contributed by atoms with Crippen LogP contribution < -0.4 is 9.47 Å². The van der Waals surface area contributed by atoms with Crippen LogP contribution in [0.25, 0.3) is 0 Å². The summed E-state index contributed by atoms with van der Waals surface area (Å²) in [4.78, 5) is 13.9. The maximum atomic E-state index is 12.0. The largest absolute Gasteiger partial charge is 0.574 e. The zero-order valence-corrected chi connectivity index (χ0v) is 10.00. The second-order valence-electron chi connectivity index (χ2n) is 2.53. The molecule has 8 heteroatoms. The third-order valence-electron chi connectivity index (χ3n) is 1.48. The number of methoxy groups -OCH3 is 1. The van der Waals surface area contributed by atoms with Crippen molar-refractivity contribution < 1.29 is 27.4 Å². The quantitative estimate of drug-likeness (QED) is 0.623. The number of aldehydes is 1. The van der Waals surface area contributed by atoms with E-state index in [2.05, 4.69) is 9.72 Å². The summed E-state index contributed by atoms with van der Waals surface area (Å²) in [6.45, 7) is 0. The van der Waals surface area contributed by atoms with E-state index in [1.54, 1.807) is 22.6 Å². The van der Waals surface area contributed by atoms with Gasteiger partial charge in [0.05, 0.1) is 10.7 Å². The molecule has 1 aromatic heterocycles. The van der Waals surface area contributed by atoms with Gasteiger partial charge in [0, 0.05) is 6.07 Å². The van der Waals surface area contributed by atoms with E-state index in [0.717, 1.165) is 0 Å². The van der Waals surface area contributed by atoms with Crippen LogP contribution in [-0.2, 0) is 0 Å². The number of ether oxygens (including phenoxy) is 2. The summed E-state index contributed by atoms with van der Waals surface area (Å²) in [6.07, 6.45) is -4.56. The highest BCUT2D eigenvalue weighted by Gasteiger charge is 2.33. The topological polar surface area (TPSA) is 48.4 Å². The monoisotopic (exact) mass is 347 g/mol. The molecule has 1 aromatic rings. The standard InChI is InChI=1S/C8H5F3INO3/c1-15-6-2-4(12)7(13-5(6)3-14)16-8(9,10)11/h2-3H,1H3. The van der Waals surface area contributed by atoms with E-state index in [1.807, 2.05) is 0 Å². The summed E-state index contributed by atoms with van der Waals surface area (Å²) < 4.78 is 44.4. The van der Waals surface area contributed by atoms with Gasteiger partial charge in [-0.05, 0) is 22.6 Å². The Bertz CT molecular complexity index is 408. The van der Waals surface area contributed by atoms with Crippen molar-refractivity contribution >= 4 is 28.9 Å². The third kappa shape index (κ3) is 3.22. The lowest BCUT2D eigenvalue weighted by Crippen LogP contribution is -2.19. The molecule has 0 aliphatic heterocycles. The first-order chi connectivity index (χ1) is 7.37. The number of hydrogen-bond donors (Lipinski definition) is 0. The number of rotatable bonds is 3. The van der Waals surface area contributed by atoms with E-state index in [4.69, 9.17) is 4.74 Å². The van der Waals surface area contributed by atoms with Gasteiger partial charge < -0.3 is 9.47 Å². The van der Waals surface area contributed by atoms with Crippen LogP contribution in [0.4, 0.5) is 13.2 Å². The molecule has 1 rings (SSSR count). The molecular formula is C8H5F3INO3. The molecule has 16 heavy (non-hydrogen) atoms. The Balaban J connectivity index is 3.16. The Morgan fingerprint density at radius 2 is 2.12 bits per heavy atom. The lowest BCUT2D eigenvalue weighted by molar-refractivity contribution is -0.276. The predicted octanol–water partition coefficient (Wildman–Crippen LogP) is 2.41. The first kappa shape index (κ1) is 13.0. The minimum absolute atomic E-state index is 0.0916. The fourth-order valence-electron chi connectivity index (χ4n) is 0.898. The van der Waals surface area contributed by atoms with Gasteiger partial charge in [-0.25, -0.2) is 4.98 Å². The molecule has 0 unspecified atom stereocenters. The van der Waals surface area contributed by atoms with Crippen molar-refractivity contribution in [3.63, 3.8) is 0 Å². The van der Waals surface area contributed by atoms with Crippen molar-refractivity contribution in [1.29, 1.82) is 0 Å². The number of carbonyl (C=O) groups excluding carboxylic acids is 1. The number of aromatic nitrogens is 1. The minimum Gasteiger partial charge on any atom is -0.494 e. The van der Waals surface area contributed by atoms with E-state index >= 15 is 0 Å². The van der Waals surface area contributed by atoms with E-state index in [1.165, 1.54) is 13.2 Å². The smallest absolute Gasteiger partial charge is 0.494 e. The van der Waals surface area contributed by atoms with Gasteiger partial charge in [-0.1, -0.05) is 0 Å². The van der Waals surface area contributed by atoms with Gasteiger partial charge >= 0.3 is 6.36 Å². The summed E-state index contributed by atoms with van der Waals surface area (Å²) in [5.74, 6) is -0.579. The predicted molar refractivity (Wildman–Crippen MR) is 55.6 cm³/mol. The Morgan fingerprint density at radius 3 is 2.56 bits per heavy atom. The van der Waals surface area contributed by atoms with Gasteiger partial charge in [0.1, 0.15) is 11.4 Å². The van der Waals surface area contributed by atoms with Crippen LogP contribution in [0.15, 0.2) is 6.07 Å². The number of nitrogens with zero attached hydrogens (tertiary/aromatic N) is 1. The second kappa shape index (κ2) is 4.85. The van der Waals surface area contributed by atoms with Crippen LogP contribution in [0.5, 0.6) is 11.6 Å². The zero-order chi connectivity index (χ0) is 12.3. The van der Waals surface area contributed by atoms with Gasteiger partial charge in [-0.3, -0.25) is 4.79 Å². The number of alkyl halides is 3. The zero-order valence-electron chi connectivity index (χ0n) is 7.84. The summed E-state index contributed by atoms with van der Waals surface area (Å²) in [6, 6.07) is 1.23. The highest BCUT2D eigenvalue weighted by Crippen LogP contribution is 2.29. The lowest BCUT2D eigenvalue weighted by Gasteiger charge is -2.11. The van der Waals surface area contributed by atoms with E-state index in [9.17, 15) is 18.0 Å². The van der Waals surface area contributed by atoms with Gasteiger partial charge in [0.15, 0.2) is 6.29 Å². The number of pyridine rings is 1. The van der Waals surface area contributed by atoms with E-state index in [0.29, 0.717) is 0 Å². The van der Waals surface area contributed by atoms with Crippen LogP contribution in [0.1, 0.15) is 10.5 Å². The Labute approximate surface area is 102 Å². The molecule has 0 aliphatic carbocycles. The average Bonchev–Trinajstić information content (AvgIpc) is 2.18. The molecular weight excluding hydrogens is 342 g/mol. The van der Waals surface area contributed by atoms with E-state index < -0.39 is 12.2 Å². The average molecular weight is 347 g/mol. The molecule has 0 amide bonds. The Morgan fingerprint density at radius 1 is 1.50 bits per heavy atom. The highest BCUT2D eigenvalue weighted by atomic mass is 127. The SMILES string of the molecule is COc1cc(I)c(OC(F)(F)F)nc1C=O. The van der Waals surface area contributed by atoms with Crippen LogP contribution in [0.2, 0.25) is 0 Å². The number of carbonyl (C=O) groups is 1. The van der Waals surface area contributed by atoms with Crippen molar-refractivity contribution in [3.05, 3.63) is 15.3 Å². The maximum Gasteiger partial charge on any atom is 0.574 e. The first-order valence-electron chi connectivity index (χ1n) is 3.83. The van der Waals surface area contributed by atoms with Crippen molar-refractivity contribution in [2.45, 2.75) is 6.36 Å². The van der Waals surface area contributed by atoms with Gasteiger partial charge in [0.25, 0.3) is 0 Å². The molecule has 0 saturated carbocycles. The van der Waals surface area contributed by atoms with Crippen molar-refractivity contribution in [2.75, 3.05) is 7.11 Å². The Hall–Kier alpha value is -1.06. The molecule has 88 valence electrons. The summed E-state index contributed by atoms with van der Waals surface area (Å²) in [5, 5.41) is 0. The molecule has 0 aromatic carbocycles. The molecule has 0 radical (unpaired) electrons. The number of hydrogen-bond acceptors (Lipinski definition) is 4. The van der Waals surface area contributed by atoms with Crippen LogP contribution >= 0.6 is 22.6 Å². The maximum absolute atomic E-state index is 12.0. The lowest BCUT2D eigenvalue weighted by atomic mass is 10.3. The van der Waals surface area contributed by atoms with Crippen molar-refractivity contribution in [3.8, 4) is 11.6 Å². The summed E-state index contributed by atoms with van der Waals surface area (Å²) >= 11 is 1.60. The molecule has 0 fully saturated rings. The molecule has 0 atom stereocenters. The Kier molecular flexibility index (Phi) is 3.94. The van der Waals surface area contributed by atoms with Crippen LogP contribution in [0.3, 0.4) is 0 Å². The second-order valence-corrected chi connectivity index (χ2v) is 3.69.